The lowest BCUT2D eigenvalue weighted by Crippen LogP contribution is -2.50. The van der Waals surface area contributed by atoms with E-state index in [0.29, 0.717) is 12.6 Å². The second kappa shape index (κ2) is 5.82. The van der Waals surface area contributed by atoms with Gasteiger partial charge >= 0.3 is 0 Å². The van der Waals surface area contributed by atoms with Gasteiger partial charge in [-0.2, -0.15) is 5.10 Å². The Bertz CT molecular complexity index is 349. The van der Waals surface area contributed by atoms with Gasteiger partial charge in [-0.15, -0.1) is 0 Å². The van der Waals surface area contributed by atoms with Crippen molar-refractivity contribution in [1.29, 1.82) is 0 Å². The van der Waals surface area contributed by atoms with Gasteiger partial charge in [0.2, 0.25) is 5.91 Å². The molecule has 0 saturated carbocycles. The second-order valence-corrected chi connectivity index (χ2v) is 4.61. The van der Waals surface area contributed by atoms with Gasteiger partial charge in [0.25, 0.3) is 0 Å². The maximum absolute atomic E-state index is 11.9. The molecule has 2 atom stereocenters. The minimum Gasteiger partial charge on any atom is -0.353 e. The number of hydrogen-bond acceptors (Lipinski definition) is 3. The van der Waals surface area contributed by atoms with Gasteiger partial charge in [-0.3, -0.25) is 9.48 Å². The van der Waals surface area contributed by atoms with Crippen molar-refractivity contribution in [1.82, 2.24) is 20.4 Å². The standard InChI is InChI=1S/C12H20N4O/c1-10-4-2-5-11(15-10)12(17)13-7-9-16-8-3-6-14-16/h3,6,8,10-11,15H,2,4-5,7,9H2,1H3,(H,13,17). The highest BCUT2D eigenvalue weighted by atomic mass is 16.2. The molecule has 0 spiro atoms. The molecule has 1 saturated heterocycles. The fourth-order valence-corrected chi connectivity index (χ4v) is 2.19. The molecule has 0 bridgehead atoms. The maximum atomic E-state index is 11.9. The predicted octanol–water partition coefficient (Wildman–Crippen LogP) is 0.530. The molecular weight excluding hydrogens is 216 g/mol. The molecule has 94 valence electrons. The van der Waals surface area contributed by atoms with Crippen LogP contribution < -0.4 is 10.6 Å². The first-order chi connectivity index (χ1) is 8.25. The highest BCUT2D eigenvalue weighted by Crippen LogP contribution is 2.11. The van der Waals surface area contributed by atoms with E-state index in [1.807, 2.05) is 16.9 Å². The summed E-state index contributed by atoms with van der Waals surface area (Å²) in [5, 5.41) is 10.4. The number of amides is 1. The Labute approximate surface area is 102 Å². The molecule has 5 nitrogen and oxygen atoms in total. The molecule has 0 radical (unpaired) electrons. The third-order valence-corrected chi connectivity index (χ3v) is 3.13. The molecule has 1 amide bonds. The highest BCUT2D eigenvalue weighted by molar-refractivity contribution is 5.81. The van der Waals surface area contributed by atoms with E-state index in [-0.39, 0.29) is 11.9 Å². The van der Waals surface area contributed by atoms with Crippen molar-refractivity contribution in [2.75, 3.05) is 6.54 Å². The molecule has 17 heavy (non-hydrogen) atoms. The average Bonchev–Trinajstić information content (AvgIpc) is 2.82. The van der Waals surface area contributed by atoms with E-state index < -0.39 is 0 Å². The van der Waals surface area contributed by atoms with Crippen LogP contribution >= 0.6 is 0 Å². The van der Waals surface area contributed by atoms with Crippen molar-refractivity contribution in [2.45, 2.75) is 44.8 Å². The Kier molecular flexibility index (Phi) is 4.14. The lowest BCUT2D eigenvalue weighted by molar-refractivity contribution is -0.124. The Hall–Kier alpha value is -1.36. The van der Waals surface area contributed by atoms with Crippen molar-refractivity contribution >= 4 is 5.91 Å². The van der Waals surface area contributed by atoms with Gasteiger partial charge in [-0.05, 0) is 32.3 Å². The number of carbonyl (C=O) groups is 1. The summed E-state index contributed by atoms with van der Waals surface area (Å²) in [6.07, 6.45) is 6.87. The molecule has 0 aromatic carbocycles. The fourth-order valence-electron chi connectivity index (χ4n) is 2.19. The molecule has 1 aliphatic heterocycles. The number of nitrogens with zero attached hydrogens (tertiary/aromatic N) is 2. The van der Waals surface area contributed by atoms with Crippen LogP contribution in [-0.4, -0.2) is 34.3 Å². The Morgan fingerprint density at radius 3 is 3.18 bits per heavy atom. The van der Waals surface area contributed by atoms with Gasteiger partial charge < -0.3 is 10.6 Å². The Morgan fingerprint density at radius 2 is 2.47 bits per heavy atom. The lowest BCUT2D eigenvalue weighted by Gasteiger charge is -2.27. The molecular formula is C12H20N4O. The SMILES string of the molecule is CC1CCCC(C(=O)NCCn2cccn2)N1. The molecule has 1 fully saturated rings. The van der Waals surface area contributed by atoms with Gasteiger partial charge in [-0.25, -0.2) is 0 Å². The number of nitrogens with one attached hydrogen (secondary N) is 2. The van der Waals surface area contributed by atoms with Crippen molar-refractivity contribution in [3.8, 4) is 0 Å². The molecule has 1 aliphatic rings. The summed E-state index contributed by atoms with van der Waals surface area (Å²) in [6, 6.07) is 2.31. The minimum atomic E-state index is -0.0172. The van der Waals surface area contributed by atoms with Gasteiger partial charge in [0.1, 0.15) is 0 Å². The van der Waals surface area contributed by atoms with Crippen LogP contribution in [0.15, 0.2) is 18.5 Å². The van der Waals surface area contributed by atoms with Gasteiger partial charge in [-0.1, -0.05) is 0 Å². The first-order valence-corrected chi connectivity index (χ1v) is 6.27. The quantitative estimate of drug-likeness (QED) is 0.801. The number of piperidine rings is 1. The van der Waals surface area contributed by atoms with Crippen LogP contribution in [0.25, 0.3) is 0 Å². The number of carbonyl (C=O) groups excluding carboxylic acids is 1. The average molecular weight is 236 g/mol. The third-order valence-electron chi connectivity index (χ3n) is 3.13. The lowest BCUT2D eigenvalue weighted by atomic mass is 9.99. The summed E-state index contributed by atoms with van der Waals surface area (Å²) in [5.41, 5.74) is 0. The van der Waals surface area contributed by atoms with Crippen molar-refractivity contribution in [3.05, 3.63) is 18.5 Å². The van der Waals surface area contributed by atoms with Crippen LogP contribution in [0.4, 0.5) is 0 Å². The zero-order valence-electron chi connectivity index (χ0n) is 10.2. The zero-order valence-corrected chi connectivity index (χ0v) is 10.2. The van der Waals surface area contributed by atoms with Crippen LogP contribution in [0.3, 0.4) is 0 Å². The summed E-state index contributed by atoms with van der Waals surface area (Å²) in [5.74, 6) is 0.115. The van der Waals surface area contributed by atoms with Crippen molar-refractivity contribution in [2.24, 2.45) is 0 Å². The predicted molar refractivity (Wildman–Crippen MR) is 65.5 cm³/mol. The first kappa shape index (κ1) is 12.1. The molecule has 2 rings (SSSR count). The van der Waals surface area contributed by atoms with E-state index >= 15 is 0 Å². The Balaban J connectivity index is 1.70. The largest absolute Gasteiger partial charge is 0.353 e. The van der Waals surface area contributed by atoms with Crippen LogP contribution in [0.2, 0.25) is 0 Å². The van der Waals surface area contributed by atoms with Gasteiger partial charge in [0.05, 0.1) is 12.6 Å². The van der Waals surface area contributed by atoms with E-state index in [1.54, 1.807) is 6.20 Å². The minimum absolute atomic E-state index is 0.0172. The molecule has 5 heteroatoms. The van der Waals surface area contributed by atoms with E-state index in [0.717, 1.165) is 25.8 Å². The fraction of sp³-hybridized carbons (Fsp3) is 0.667. The summed E-state index contributed by atoms with van der Waals surface area (Å²) >= 11 is 0. The van der Waals surface area contributed by atoms with Crippen molar-refractivity contribution in [3.63, 3.8) is 0 Å². The van der Waals surface area contributed by atoms with Crippen LogP contribution in [-0.2, 0) is 11.3 Å². The number of hydrogen-bond donors (Lipinski definition) is 2. The van der Waals surface area contributed by atoms with Crippen LogP contribution in [0.5, 0.6) is 0 Å². The Morgan fingerprint density at radius 1 is 1.59 bits per heavy atom. The van der Waals surface area contributed by atoms with E-state index in [1.165, 1.54) is 0 Å². The molecule has 1 aromatic heterocycles. The second-order valence-electron chi connectivity index (χ2n) is 4.61. The monoisotopic (exact) mass is 236 g/mol. The van der Waals surface area contributed by atoms with E-state index in [2.05, 4.69) is 22.7 Å². The molecule has 2 unspecified atom stereocenters. The molecule has 2 N–H and O–H groups in total. The summed E-state index contributed by atoms with van der Waals surface area (Å²) in [7, 11) is 0. The topological polar surface area (TPSA) is 59.0 Å². The van der Waals surface area contributed by atoms with E-state index in [4.69, 9.17) is 0 Å². The molecule has 2 heterocycles. The van der Waals surface area contributed by atoms with Crippen LogP contribution in [0, 0.1) is 0 Å². The third kappa shape index (κ3) is 3.56. The maximum Gasteiger partial charge on any atom is 0.237 e. The summed E-state index contributed by atoms with van der Waals surface area (Å²) in [4.78, 5) is 11.9. The zero-order chi connectivity index (χ0) is 12.1. The number of rotatable bonds is 4. The van der Waals surface area contributed by atoms with Gasteiger partial charge in [0, 0.05) is 25.0 Å². The van der Waals surface area contributed by atoms with E-state index in [9.17, 15) is 4.79 Å². The number of aromatic nitrogens is 2. The van der Waals surface area contributed by atoms with Gasteiger partial charge in [0.15, 0.2) is 0 Å². The summed E-state index contributed by atoms with van der Waals surface area (Å²) < 4.78 is 1.82. The normalized spacial score (nSPS) is 24.5. The first-order valence-electron chi connectivity index (χ1n) is 6.27. The smallest absolute Gasteiger partial charge is 0.237 e. The molecule has 1 aromatic rings. The van der Waals surface area contributed by atoms with Crippen molar-refractivity contribution < 1.29 is 4.79 Å². The van der Waals surface area contributed by atoms with Crippen LogP contribution in [0.1, 0.15) is 26.2 Å². The highest BCUT2D eigenvalue weighted by Gasteiger charge is 2.23. The molecule has 0 aliphatic carbocycles. The summed E-state index contributed by atoms with van der Waals surface area (Å²) in [6.45, 7) is 3.48.